The van der Waals surface area contributed by atoms with E-state index in [0.717, 1.165) is 27.4 Å². The molecule has 1 aromatic carbocycles. The Morgan fingerprint density at radius 3 is 2.95 bits per heavy atom. The normalized spacial score (nSPS) is 12.9. The molecule has 4 N–H and O–H groups in total. The smallest absolute Gasteiger partial charge is 0.305 e. The maximum Gasteiger partial charge on any atom is 0.305 e. The Morgan fingerprint density at radius 1 is 1.32 bits per heavy atom. The maximum absolute atomic E-state index is 10.7. The summed E-state index contributed by atoms with van der Waals surface area (Å²) in [5.41, 5.74) is 8.64. The molecule has 0 aliphatic heterocycles. The molecule has 3 aromatic rings. The second-order valence-corrected chi connectivity index (χ2v) is 4.56. The molecule has 2 heterocycles. The van der Waals surface area contributed by atoms with Crippen LogP contribution in [0.3, 0.4) is 0 Å². The van der Waals surface area contributed by atoms with Gasteiger partial charge in [-0.2, -0.15) is 0 Å². The lowest BCUT2D eigenvalue weighted by Crippen LogP contribution is -2.14. The molecule has 0 aliphatic rings. The Labute approximate surface area is 109 Å². The van der Waals surface area contributed by atoms with Crippen molar-refractivity contribution in [2.75, 3.05) is 0 Å². The molecule has 0 saturated carbocycles. The van der Waals surface area contributed by atoms with Crippen molar-refractivity contribution < 1.29 is 9.90 Å². The van der Waals surface area contributed by atoms with E-state index in [2.05, 4.69) is 9.97 Å². The minimum atomic E-state index is -0.895. The number of benzene rings is 1. The van der Waals surface area contributed by atoms with Gasteiger partial charge in [0, 0.05) is 40.2 Å². The standard InChI is InChI=1S/C14H13N3O2/c15-11(6-14(18)19)8-1-2-9-10-7-16-4-3-12(10)17-13(9)5-8/h1-5,7,11,17H,6,15H2,(H,18,19). The average molecular weight is 255 g/mol. The highest BCUT2D eigenvalue weighted by Crippen LogP contribution is 2.27. The number of carbonyl (C=O) groups is 1. The van der Waals surface area contributed by atoms with E-state index < -0.39 is 12.0 Å². The number of aromatic amines is 1. The van der Waals surface area contributed by atoms with Crippen molar-refractivity contribution in [1.82, 2.24) is 9.97 Å². The van der Waals surface area contributed by atoms with Gasteiger partial charge in [-0.25, -0.2) is 0 Å². The number of hydrogen-bond acceptors (Lipinski definition) is 3. The topological polar surface area (TPSA) is 92.0 Å². The van der Waals surface area contributed by atoms with E-state index in [1.54, 1.807) is 6.20 Å². The van der Waals surface area contributed by atoms with Crippen molar-refractivity contribution in [3.63, 3.8) is 0 Å². The molecule has 0 fully saturated rings. The van der Waals surface area contributed by atoms with E-state index in [1.807, 2.05) is 30.5 Å². The second-order valence-electron chi connectivity index (χ2n) is 4.56. The number of aliphatic carboxylic acids is 1. The van der Waals surface area contributed by atoms with E-state index in [0.29, 0.717) is 0 Å². The Hall–Kier alpha value is -2.40. The van der Waals surface area contributed by atoms with Gasteiger partial charge in [-0.15, -0.1) is 0 Å². The van der Waals surface area contributed by atoms with Gasteiger partial charge in [0.1, 0.15) is 0 Å². The SMILES string of the molecule is NC(CC(=O)O)c1ccc2c(c1)[nH]c1ccncc12. The minimum absolute atomic E-state index is 0.0761. The fourth-order valence-electron chi connectivity index (χ4n) is 2.30. The predicted octanol–water partition coefficient (Wildman–Crippen LogP) is 2.19. The Balaban J connectivity index is 2.10. The molecule has 0 aliphatic carbocycles. The van der Waals surface area contributed by atoms with Crippen molar-refractivity contribution in [2.24, 2.45) is 5.73 Å². The summed E-state index contributed by atoms with van der Waals surface area (Å²) in [5, 5.41) is 10.9. The predicted molar refractivity (Wildman–Crippen MR) is 72.8 cm³/mol. The number of carboxylic acids is 1. The molecule has 1 atom stereocenters. The quantitative estimate of drug-likeness (QED) is 0.669. The molecule has 3 rings (SSSR count). The van der Waals surface area contributed by atoms with E-state index >= 15 is 0 Å². The molecular formula is C14H13N3O2. The third-order valence-electron chi connectivity index (χ3n) is 3.25. The van der Waals surface area contributed by atoms with E-state index in [9.17, 15) is 4.79 Å². The molecule has 0 spiro atoms. The number of aromatic nitrogens is 2. The number of nitrogens with zero attached hydrogens (tertiary/aromatic N) is 1. The Bertz CT molecular complexity index is 764. The molecule has 96 valence electrons. The van der Waals surface area contributed by atoms with Crippen LogP contribution in [0.25, 0.3) is 21.8 Å². The van der Waals surface area contributed by atoms with Gasteiger partial charge in [0.25, 0.3) is 0 Å². The number of rotatable bonds is 3. The Kier molecular flexibility index (Phi) is 2.68. The summed E-state index contributed by atoms with van der Waals surface area (Å²) in [7, 11) is 0. The average Bonchev–Trinajstić information content (AvgIpc) is 2.75. The fourth-order valence-corrected chi connectivity index (χ4v) is 2.30. The highest BCUT2D eigenvalue weighted by molar-refractivity contribution is 6.06. The summed E-state index contributed by atoms with van der Waals surface area (Å²) < 4.78 is 0. The zero-order valence-corrected chi connectivity index (χ0v) is 10.1. The number of nitrogens with two attached hydrogens (primary N) is 1. The third kappa shape index (κ3) is 2.04. The molecule has 0 saturated heterocycles. The van der Waals surface area contributed by atoms with E-state index in [4.69, 9.17) is 10.8 Å². The highest BCUT2D eigenvalue weighted by Gasteiger charge is 2.12. The van der Waals surface area contributed by atoms with Gasteiger partial charge in [-0.1, -0.05) is 12.1 Å². The van der Waals surface area contributed by atoms with Crippen LogP contribution in [0.2, 0.25) is 0 Å². The van der Waals surface area contributed by atoms with Crippen molar-refractivity contribution in [1.29, 1.82) is 0 Å². The molecule has 5 heteroatoms. The van der Waals surface area contributed by atoms with Crippen LogP contribution in [0.1, 0.15) is 18.0 Å². The van der Waals surface area contributed by atoms with E-state index in [-0.39, 0.29) is 6.42 Å². The number of H-pyrrole nitrogens is 1. The molecule has 0 radical (unpaired) electrons. The van der Waals surface area contributed by atoms with E-state index in [1.165, 1.54) is 0 Å². The molecule has 1 unspecified atom stereocenters. The van der Waals surface area contributed by atoms with Gasteiger partial charge in [-0.05, 0) is 17.7 Å². The van der Waals surface area contributed by atoms with Gasteiger partial charge in [-0.3, -0.25) is 9.78 Å². The molecule has 0 bridgehead atoms. The van der Waals surface area contributed by atoms with Crippen LogP contribution in [-0.4, -0.2) is 21.0 Å². The lowest BCUT2D eigenvalue weighted by Gasteiger charge is -2.09. The molecule has 19 heavy (non-hydrogen) atoms. The number of nitrogens with one attached hydrogen (secondary N) is 1. The van der Waals surface area contributed by atoms with Gasteiger partial charge in [0.05, 0.1) is 6.42 Å². The first-order chi connectivity index (χ1) is 9.15. The van der Waals surface area contributed by atoms with Crippen LogP contribution in [0, 0.1) is 0 Å². The fraction of sp³-hybridized carbons (Fsp3) is 0.143. The van der Waals surface area contributed by atoms with Crippen LogP contribution in [0.5, 0.6) is 0 Å². The van der Waals surface area contributed by atoms with Gasteiger partial charge in [0.15, 0.2) is 0 Å². The van der Waals surface area contributed by atoms with Crippen molar-refractivity contribution >= 4 is 27.8 Å². The minimum Gasteiger partial charge on any atom is -0.481 e. The van der Waals surface area contributed by atoms with Crippen molar-refractivity contribution in [3.05, 3.63) is 42.2 Å². The second kappa shape index (κ2) is 4.37. The summed E-state index contributed by atoms with van der Waals surface area (Å²) in [4.78, 5) is 18.1. The molecule has 5 nitrogen and oxygen atoms in total. The first kappa shape index (κ1) is 11.7. The molecular weight excluding hydrogens is 242 g/mol. The van der Waals surface area contributed by atoms with Crippen LogP contribution in [-0.2, 0) is 4.79 Å². The van der Waals surface area contributed by atoms with Gasteiger partial charge >= 0.3 is 5.97 Å². The van der Waals surface area contributed by atoms with Gasteiger partial charge < -0.3 is 15.8 Å². The summed E-state index contributed by atoms with van der Waals surface area (Å²) in [5.74, 6) is -0.895. The zero-order chi connectivity index (χ0) is 13.4. The van der Waals surface area contributed by atoms with Crippen LogP contribution in [0.4, 0.5) is 0 Å². The maximum atomic E-state index is 10.7. The summed E-state index contributed by atoms with van der Waals surface area (Å²) in [6, 6.07) is 7.14. The lowest BCUT2D eigenvalue weighted by atomic mass is 10.0. The number of carboxylic acid groups (broad SMARTS) is 1. The third-order valence-corrected chi connectivity index (χ3v) is 3.25. The summed E-state index contributed by atoms with van der Waals surface area (Å²) >= 11 is 0. The first-order valence-electron chi connectivity index (χ1n) is 5.98. The van der Waals surface area contributed by atoms with Crippen LogP contribution >= 0.6 is 0 Å². The molecule has 2 aromatic heterocycles. The largest absolute Gasteiger partial charge is 0.481 e. The number of pyridine rings is 1. The number of hydrogen-bond donors (Lipinski definition) is 3. The van der Waals surface area contributed by atoms with Crippen molar-refractivity contribution in [3.8, 4) is 0 Å². The van der Waals surface area contributed by atoms with Gasteiger partial charge in [0.2, 0.25) is 0 Å². The highest BCUT2D eigenvalue weighted by atomic mass is 16.4. The van der Waals surface area contributed by atoms with Crippen molar-refractivity contribution in [2.45, 2.75) is 12.5 Å². The lowest BCUT2D eigenvalue weighted by molar-refractivity contribution is -0.137. The molecule has 0 amide bonds. The first-order valence-corrected chi connectivity index (χ1v) is 5.98. The summed E-state index contributed by atoms with van der Waals surface area (Å²) in [6.07, 6.45) is 3.47. The zero-order valence-electron chi connectivity index (χ0n) is 10.1. The monoisotopic (exact) mass is 255 g/mol. The van der Waals surface area contributed by atoms with Crippen LogP contribution in [0.15, 0.2) is 36.7 Å². The number of fused-ring (bicyclic) bond motifs is 3. The Morgan fingerprint density at radius 2 is 2.16 bits per heavy atom. The van der Waals surface area contributed by atoms with Crippen LogP contribution < -0.4 is 5.73 Å². The summed E-state index contributed by atoms with van der Waals surface area (Å²) in [6.45, 7) is 0.